The molecule has 4 heteroatoms. The Kier molecular flexibility index (Phi) is 4.79. The third-order valence-corrected chi connectivity index (χ3v) is 4.11. The smallest absolute Gasteiger partial charge is 0.307 e. The number of hydrogen-bond acceptors (Lipinski definition) is 2. The summed E-state index contributed by atoms with van der Waals surface area (Å²) in [6, 6.07) is 13.7. The molecule has 0 saturated carbocycles. The summed E-state index contributed by atoms with van der Waals surface area (Å²) in [7, 11) is 0. The number of benzene rings is 2. The Morgan fingerprint density at radius 1 is 1.15 bits per heavy atom. The number of aryl methyl sites for hydroxylation is 1. The molecule has 0 heterocycles. The highest BCUT2D eigenvalue weighted by molar-refractivity contribution is 9.10. The molecule has 104 valence electrons. The Bertz CT molecular complexity index is 608. The van der Waals surface area contributed by atoms with Crippen LogP contribution in [0, 0.1) is 6.92 Å². The van der Waals surface area contributed by atoms with Crippen LogP contribution >= 0.6 is 15.9 Å². The summed E-state index contributed by atoms with van der Waals surface area (Å²) in [4.78, 5) is 10.6. The molecule has 0 bridgehead atoms. The van der Waals surface area contributed by atoms with E-state index < -0.39 is 5.97 Å². The van der Waals surface area contributed by atoms with E-state index >= 15 is 0 Å². The zero-order valence-corrected chi connectivity index (χ0v) is 12.8. The number of hydrogen-bond donors (Lipinski definition) is 2. The number of carboxylic acid groups (broad SMARTS) is 1. The minimum absolute atomic E-state index is 0.0666. The third-order valence-electron chi connectivity index (χ3n) is 3.05. The molecule has 0 aliphatic heterocycles. The molecular weight excluding hydrogens is 318 g/mol. The van der Waals surface area contributed by atoms with Crippen molar-refractivity contribution in [2.45, 2.75) is 19.9 Å². The van der Waals surface area contributed by atoms with Crippen molar-refractivity contribution in [3.8, 4) is 0 Å². The van der Waals surface area contributed by atoms with Crippen LogP contribution in [0.4, 0.5) is 5.69 Å². The Labute approximate surface area is 126 Å². The highest BCUT2D eigenvalue weighted by Gasteiger charge is 2.03. The van der Waals surface area contributed by atoms with Gasteiger partial charge in [-0.15, -0.1) is 0 Å². The largest absolute Gasteiger partial charge is 0.481 e. The molecule has 0 aromatic heterocycles. The van der Waals surface area contributed by atoms with E-state index in [0.717, 1.165) is 21.3 Å². The highest BCUT2D eigenvalue weighted by atomic mass is 79.9. The molecule has 0 spiro atoms. The first kappa shape index (κ1) is 14.6. The minimum Gasteiger partial charge on any atom is -0.481 e. The number of aliphatic carboxylic acids is 1. The first-order chi connectivity index (χ1) is 9.56. The van der Waals surface area contributed by atoms with Crippen LogP contribution in [-0.2, 0) is 17.8 Å². The second-order valence-electron chi connectivity index (χ2n) is 4.68. The summed E-state index contributed by atoms with van der Waals surface area (Å²) in [6.45, 7) is 2.76. The number of carboxylic acids is 1. The maximum Gasteiger partial charge on any atom is 0.307 e. The summed E-state index contributed by atoms with van der Waals surface area (Å²) in [5.74, 6) is -0.806. The van der Waals surface area contributed by atoms with Gasteiger partial charge in [0, 0.05) is 16.7 Å². The summed E-state index contributed by atoms with van der Waals surface area (Å²) in [5, 5.41) is 12.1. The normalized spacial score (nSPS) is 10.3. The summed E-state index contributed by atoms with van der Waals surface area (Å²) in [5.41, 5.74) is 4.18. The van der Waals surface area contributed by atoms with Crippen molar-refractivity contribution in [1.82, 2.24) is 0 Å². The van der Waals surface area contributed by atoms with E-state index in [0.29, 0.717) is 6.54 Å². The molecule has 0 unspecified atom stereocenters. The van der Waals surface area contributed by atoms with Gasteiger partial charge in [0.25, 0.3) is 0 Å². The summed E-state index contributed by atoms with van der Waals surface area (Å²) >= 11 is 3.56. The molecule has 20 heavy (non-hydrogen) atoms. The second kappa shape index (κ2) is 6.57. The number of carbonyl (C=O) groups is 1. The van der Waals surface area contributed by atoms with E-state index in [4.69, 9.17) is 5.11 Å². The van der Waals surface area contributed by atoms with Crippen molar-refractivity contribution in [1.29, 1.82) is 0 Å². The van der Waals surface area contributed by atoms with E-state index in [-0.39, 0.29) is 6.42 Å². The van der Waals surface area contributed by atoms with E-state index in [1.54, 1.807) is 0 Å². The van der Waals surface area contributed by atoms with Crippen LogP contribution in [-0.4, -0.2) is 11.1 Å². The Balaban J connectivity index is 2.00. The van der Waals surface area contributed by atoms with E-state index in [1.807, 2.05) is 36.4 Å². The molecule has 2 N–H and O–H groups in total. The van der Waals surface area contributed by atoms with Crippen LogP contribution in [0.3, 0.4) is 0 Å². The highest BCUT2D eigenvalue weighted by Crippen LogP contribution is 2.26. The number of rotatable bonds is 5. The number of halogens is 1. The van der Waals surface area contributed by atoms with E-state index in [2.05, 4.69) is 34.2 Å². The van der Waals surface area contributed by atoms with Crippen molar-refractivity contribution in [3.05, 3.63) is 63.6 Å². The van der Waals surface area contributed by atoms with Gasteiger partial charge in [-0.25, -0.2) is 0 Å². The van der Waals surface area contributed by atoms with Gasteiger partial charge < -0.3 is 10.4 Å². The average Bonchev–Trinajstić information content (AvgIpc) is 2.41. The fourth-order valence-corrected chi connectivity index (χ4v) is 2.34. The van der Waals surface area contributed by atoms with Crippen molar-refractivity contribution >= 4 is 27.6 Å². The van der Waals surface area contributed by atoms with Crippen LogP contribution in [0.15, 0.2) is 46.9 Å². The molecule has 0 atom stereocenters. The van der Waals surface area contributed by atoms with Gasteiger partial charge in [-0.3, -0.25) is 4.79 Å². The topological polar surface area (TPSA) is 49.3 Å². The summed E-state index contributed by atoms with van der Waals surface area (Å²) in [6.07, 6.45) is 0.0666. The van der Waals surface area contributed by atoms with Crippen molar-refractivity contribution in [3.63, 3.8) is 0 Å². The Hall–Kier alpha value is -1.81. The lowest BCUT2D eigenvalue weighted by Gasteiger charge is -2.10. The lowest BCUT2D eigenvalue weighted by molar-refractivity contribution is -0.136. The minimum atomic E-state index is -0.806. The molecule has 2 aromatic carbocycles. The van der Waals surface area contributed by atoms with E-state index in [9.17, 15) is 4.79 Å². The molecule has 0 fully saturated rings. The third kappa shape index (κ3) is 3.84. The second-order valence-corrected chi connectivity index (χ2v) is 5.47. The standard InChI is InChI=1S/C16H16BrNO2/c1-11-3-2-4-14(16(11)17)18-10-13-7-5-12(6-8-13)9-15(19)20/h2-8,18H,9-10H2,1H3,(H,19,20). The first-order valence-electron chi connectivity index (χ1n) is 6.35. The fraction of sp³-hybridized carbons (Fsp3) is 0.188. The van der Waals surface area contributed by atoms with Gasteiger partial charge in [-0.2, -0.15) is 0 Å². The molecule has 0 saturated heterocycles. The van der Waals surface area contributed by atoms with Gasteiger partial charge in [-0.1, -0.05) is 36.4 Å². The van der Waals surface area contributed by atoms with Crippen molar-refractivity contribution in [2.75, 3.05) is 5.32 Å². The predicted molar refractivity (Wildman–Crippen MR) is 84.0 cm³/mol. The molecule has 0 amide bonds. The number of anilines is 1. The zero-order valence-electron chi connectivity index (χ0n) is 11.2. The molecule has 0 aliphatic carbocycles. The molecular formula is C16H16BrNO2. The van der Waals surface area contributed by atoms with Gasteiger partial charge in [-0.05, 0) is 45.6 Å². The fourth-order valence-electron chi connectivity index (χ4n) is 1.93. The Morgan fingerprint density at radius 3 is 2.45 bits per heavy atom. The SMILES string of the molecule is Cc1cccc(NCc2ccc(CC(=O)O)cc2)c1Br. The van der Waals surface area contributed by atoms with Crippen molar-refractivity contribution < 1.29 is 9.90 Å². The molecule has 0 radical (unpaired) electrons. The van der Waals surface area contributed by atoms with Crippen LogP contribution in [0.2, 0.25) is 0 Å². The number of nitrogens with one attached hydrogen (secondary N) is 1. The quantitative estimate of drug-likeness (QED) is 0.869. The van der Waals surface area contributed by atoms with Crippen LogP contribution in [0.25, 0.3) is 0 Å². The average molecular weight is 334 g/mol. The van der Waals surface area contributed by atoms with Crippen LogP contribution in [0.1, 0.15) is 16.7 Å². The lowest BCUT2D eigenvalue weighted by Crippen LogP contribution is -2.02. The van der Waals surface area contributed by atoms with Gasteiger partial charge >= 0.3 is 5.97 Å². The monoisotopic (exact) mass is 333 g/mol. The maximum atomic E-state index is 10.6. The van der Waals surface area contributed by atoms with Crippen LogP contribution in [0.5, 0.6) is 0 Å². The zero-order chi connectivity index (χ0) is 14.5. The molecule has 2 rings (SSSR count). The van der Waals surface area contributed by atoms with Gasteiger partial charge in [0.05, 0.1) is 6.42 Å². The molecule has 2 aromatic rings. The lowest BCUT2D eigenvalue weighted by atomic mass is 10.1. The Morgan fingerprint density at radius 2 is 1.80 bits per heavy atom. The van der Waals surface area contributed by atoms with Crippen LogP contribution < -0.4 is 5.32 Å². The first-order valence-corrected chi connectivity index (χ1v) is 7.14. The van der Waals surface area contributed by atoms with Crippen molar-refractivity contribution in [2.24, 2.45) is 0 Å². The van der Waals surface area contributed by atoms with Gasteiger partial charge in [0.2, 0.25) is 0 Å². The van der Waals surface area contributed by atoms with Gasteiger partial charge in [0.15, 0.2) is 0 Å². The molecule has 3 nitrogen and oxygen atoms in total. The predicted octanol–water partition coefficient (Wildman–Crippen LogP) is 4.00. The maximum absolute atomic E-state index is 10.6. The summed E-state index contributed by atoms with van der Waals surface area (Å²) < 4.78 is 1.07. The van der Waals surface area contributed by atoms with E-state index in [1.165, 1.54) is 5.56 Å². The molecule has 0 aliphatic rings. The van der Waals surface area contributed by atoms with Gasteiger partial charge in [0.1, 0.15) is 0 Å².